The molecule has 0 spiro atoms. The molecule has 84 valence electrons. The van der Waals surface area contributed by atoms with Crippen molar-refractivity contribution in [3.05, 3.63) is 0 Å². The normalized spacial score (nSPS) is 57.6. The second-order valence-electron chi connectivity index (χ2n) is 6.38. The Bertz CT molecular complexity index is 260. The van der Waals surface area contributed by atoms with Crippen molar-refractivity contribution in [3.63, 3.8) is 0 Å². The van der Waals surface area contributed by atoms with E-state index in [-0.39, 0.29) is 0 Å². The van der Waals surface area contributed by atoms with Gasteiger partial charge in [-0.1, -0.05) is 0 Å². The molecule has 0 radical (unpaired) electrons. The van der Waals surface area contributed by atoms with E-state index in [2.05, 4.69) is 10.6 Å². The van der Waals surface area contributed by atoms with Crippen LogP contribution < -0.4 is 10.6 Å². The molecule has 5 aliphatic rings. The maximum atomic E-state index is 3.96. The SMILES string of the molecule is C1CC2NCC1CC2C12CCC(CC1)N2. The molecule has 1 aliphatic carbocycles. The maximum absolute atomic E-state index is 3.96. The highest BCUT2D eigenvalue weighted by Crippen LogP contribution is 2.49. The van der Waals surface area contributed by atoms with Crippen LogP contribution in [0.2, 0.25) is 0 Å². The third-order valence-corrected chi connectivity index (χ3v) is 5.71. The molecule has 2 N–H and O–H groups in total. The van der Waals surface area contributed by atoms with Crippen LogP contribution in [0.4, 0.5) is 0 Å². The summed E-state index contributed by atoms with van der Waals surface area (Å²) in [6.45, 7) is 1.31. The molecule has 0 aromatic rings. The zero-order valence-corrected chi connectivity index (χ0v) is 9.47. The Morgan fingerprint density at radius 3 is 2.33 bits per heavy atom. The molecule has 4 saturated heterocycles. The molecule has 3 atom stereocenters. The Labute approximate surface area is 92.2 Å². The first kappa shape index (κ1) is 9.00. The van der Waals surface area contributed by atoms with Crippen molar-refractivity contribution in [1.82, 2.24) is 10.6 Å². The molecule has 0 aromatic carbocycles. The number of piperidine rings is 2. The third kappa shape index (κ3) is 1.18. The average Bonchev–Trinajstić information content (AvgIpc) is 2.92. The van der Waals surface area contributed by atoms with E-state index < -0.39 is 0 Å². The van der Waals surface area contributed by atoms with Crippen LogP contribution in [0.5, 0.6) is 0 Å². The van der Waals surface area contributed by atoms with Crippen LogP contribution in [-0.4, -0.2) is 24.2 Å². The zero-order chi connectivity index (χ0) is 9.88. The minimum atomic E-state index is 0.571. The molecule has 5 rings (SSSR count). The Hall–Kier alpha value is -0.0800. The summed E-state index contributed by atoms with van der Waals surface area (Å²) in [7, 11) is 0. The second kappa shape index (κ2) is 2.98. The standard InChI is InChI=1S/C13H22N2/c1-2-12-11(7-9(1)8-14-12)13-5-3-10(15-13)4-6-13/h9-12,14-15H,1-8H2. The van der Waals surface area contributed by atoms with Gasteiger partial charge in [0.2, 0.25) is 0 Å². The third-order valence-electron chi connectivity index (χ3n) is 5.71. The summed E-state index contributed by atoms with van der Waals surface area (Å²) in [5.74, 6) is 1.95. The highest BCUT2D eigenvalue weighted by Gasteiger charge is 2.53. The van der Waals surface area contributed by atoms with E-state index in [0.29, 0.717) is 5.54 Å². The first-order chi connectivity index (χ1) is 7.36. The summed E-state index contributed by atoms with van der Waals surface area (Å²) < 4.78 is 0. The fourth-order valence-electron chi connectivity index (χ4n) is 4.92. The number of nitrogens with one attached hydrogen (secondary N) is 2. The summed E-state index contributed by atoms with van der Waals surface area (Å²) in [4.78, 5) is 0. The van der Waals surface area contributed by atoms with E-state index in [0.717, 1.165) is 23.9 Å². The van der Waals surface area contributed by atoms with Gasteiger partial charge in [0.25, 0.3) is 0 Å². The molecule has 1 saturated carbocycles. The van der Waals surface area contributed by atoms with Gasteiger partial charge in [0.1, 0.15) is 0 Å². The predicted octanol–water partition coefficient (Wildman–Crippen LogP) is 1.66. The minimum Gasteiger partial charge on any atom is -0.313 e. The number of fused-ring (bicyclic) bond motifs is 6. The van der Waals surface area contributed by atoms with Crippen LogP contribution in [0, 0.1) is 11.8 Å². The van der Waals surface area contributed by atoms with Crippen molar-refractivity contribution < 1.29 is 0 Å². The Morgan fingerprint density at radius 2 is 1.87 bits per heavy atom. The molecule has 15 heavy (non-hydrogen) atoms. The highest BCUT2D eigenvalue weighted by molar-refractivity contribution is 5.12. The Kier molecular flexibility index (Phi) is 1.79. The van der Waals surface area contributed by atoms with Crippen LogP contribution in [0.25, 0.3) is 0 Å². The molecular formula is C13H22N2. The van der Waals surface area contributed by atoms with Crippen molar-refractivity contribution >= 4 is 0 Å². The van der Waals surface area contributed by atoms with Gasteiger partial charge in [0.15, 0.2) is 0 Å². The summed E-state index contributed by atoms with van der Waals surface area (Å²) in [6.07, 6.45) is 10.3. The lowest BCUT2D eigenvalue weighted by atomic mass is 9.64. The van der Waals surface area contributed by atoms with Crippen LogP contribution in [0.1, 0.15) is 44.9 Å². The Morgan fingerprint density at radius 1 is 1.00 bits per heavy atom. The average molecular weight is 206 g/mol. The van der Waals surface area contributed by atoms with Crippen molar-refractivity contribution in [2.75, 3.05) is 6.54 Å². The van der Waals surface area contributed by atoms with Crippen molar-refractivity contribution in [1.29, 1.82) is 0 Å². The number of hydrogen-bond acceptors (Lipinski definition) is 2. The van der Waals surface area contributed by atoms with Gasteiger partial charge in [-0.25, -0.2) is 0 Å². The van der Waals surface area contributed by atoms with Gasteiger partial charge >= 0.3 is 0 Å². The lowest BCUT2D eigenvalue weighted by Crippen LogP contribution is -2.60. The molecule has 4 heterocycles. The number of rotatable bonds is 1. The van der Waals surface area contributed by atoms with Crippen LogP contribution in [-0.2, 0) is 0 Å². The lowest BCUT2D eigenvalue weighted by molar-refractivity contribution is 0.0667. The smallest absolute Gasteiger partial charge is 0.0228 e. The molecule has 3 unspecified atom stereocenters. The molecular weight excluding hydrogens is 184 g/mol. The van der Waals surface area contributed by atoms with E-state index in [1.165, 1.54) is 51.5 Å². The monoisotopic (exact) mass is 206 g/mol. The summed E-state index contributed by atoms with van der Waals surface area (Å²) in [6, 6.07) is 1.73. The summed E-state index contributed by atoms with van der Waals surface area (Å²) in [5, 5.41) is 7.74. The number of hydrogen-bond donors (Lipinski definition) is 2. The first-order valence-corrected chi connectivity index (χ1v) is 6.87. The van der Waals surface area contributed by atoms with Crippen molar-refractivity contribution in [2.24, 2.45) is 11.8 Å². The topological polar surface area (TPSA) is 24.1 Å². The largest absolute Gasteiger partial charge is 0.313 e. The maximum Gasteiger partial charge on any atom is 0.0228 e. The molecule has 0 aromatic heterocycles. The molecule has 4 bridgehead atoms. The van der Waals surface area contributed by atoms with E-state index in [1.54, 1.807) is 0 Å². The second-order valence-corrected chi connectivity index (χ2v) is 6.38. The Balaban J connectivity index is 1.62. The quantitative estimate of drug-likeness (QED) is 0.682. The highest BCUT2D eigenvalue weighted by atomic mass is 15.1. The predicted molar refractivity (Wildman–Crippen MR) is 60.7 cm³/mol. The van der Waals surface area contributed by atoms with Crippen LogP contribution in [0.3, 0.4) is 0 Å². The van der Waals surface area contributed by atoms with Gasteiger partial charge in [0, 0.05) is 17.6 Å². The zero-order valence-electron chi connectivity index (χ0n) is 9.47. The lowest BCUT2D eigenvalue weighted by Gasteiger charge is -2.50. The van der Waals surface area contributed by atoms with Gasteiger partial charge in [0.05, 0.1) is 0 Å². The van der Waals surface area contributed by atoms with E-state index in [1.807, 2.05) is 0 Å². The van der Waals surface area contributed by atoms with Crippen LogP contribution >= 0.6 is 0 Å². The van der Waals surface area contributed by atoms with Gasteiger partial charge in [-0.2, -0.15) is 0 Å². The van der Waals surface area contributed by atoms with Crippen LogP contribution in [0.15, 0.2) is 0 Å². The molecule has 4 aliphatic heterocycles. The summed E-state index contributed by atoms with van der Waals surface area (Å²) >= 11 is 0. The van der Waals surface area contributed by atoms with E-state index in [4.69, 9.17) is 0 Å². The van der Waals surface area contributed by atoms with Gasteiger partial charge in [-0.3, -0.25) is 0 Å². The molecule has 5 fully saturated rings. The molecule has 2 heteroatoms. The van der Waals surface area contributed by atoms with Gasteiger partial charge in [-0.15, -0.1) is 0 Å². The summed E-state index contributed by atoms with van der Waals surface area (Å²) in [5.41, 5.74) is 0.571. The molecule has 2 nitrogen and oxygen atoms in total. The van der Waals surface area contributed by atoms with E-state index >= 15 is 0 Å². The molecule has 0 amide bonds. The fraction of sp³-hybridized carbons (Fsp3) is 1.00. The van der Waals surface area contributed by atoms with Gasteiger partial charge in [-0.05, 0) is 63.3 Å². The van der Waals surface area contributed by atoms with Crippen molar-refractivity contribution in [2.45, 2.75) is 62.6 Å². The minimum absolute atomic E-state index is 0.571. The van der Waals surface area contributed by atoms with Gasteiger partial charge < -0.3 is 10.6 Å². The van der Waals surface area contributed by atoms with Crippen molar-refractivity contribution in [3.8, 4) is 0 Å². The van der Waals surface area contributed by atoms with E-state index in [9.17, 15) is 0 Å². The first-order valence-electron chi connectivity index (χ1n) is 6.87. The fourth-order valence-corrected chi connectivity index (χ4v) is 4.92.